The second-order valence-corrected chi connectivity index (χ2v) is 3.42. The van der Waals surface area contributed by atoms with Gasteiger partial charge in [-0.3, -0.25) is 0 Å². The summed E-state index contributed by atoms with van der Waals surface area (Å²) in [5.41, 5.74) is 1.01. The number of hydrogen-bond acceptors (Lipinski definition) is 1. The SMILES string of the molecule is COc1ccc(Br)c(C)c1Cl. The summed E-state index contributed by atoms with van der Waals surface area (Å²) in [6, 6.07) is 3.75. The van der Waals surface area contributed by atoms with Crippen LogP contribution < -0.4 is 4.74 Å². The Morgan fingerprint density at radius 2 is 2.09 bits per heavy atom. The molecule has 0 bridgehead atoms. The summed E-state index contributed by atoms with van der Waals surface area (Å²) < 4.78 is 6.03. The molecule has 1 rings (SSSR count). The topological polar surface area (TPSA) is 9.23 Å². The first kappa shape index (κ1) is 8.88. The Morgan fingerprint density at radius 3 is 2.64 bits per heavy atom. The van der Waals surface area contributed by atoms with Crippen LogP contribution in [0.1, 0.15) is 5.56 Å². The van der Waals surface area contributed by atoms with Crippen molar-refractivity contribution in [2.45, 2.75) is 6.92 Å². The van der Waals surface area contributed by atoms with Gasteiger partial charge >= 0.3 is 0 Å². The molecule has 0 spiro atoms. The molecule has 0 heterocycles. The third kappa shape index (κ3) is 1.68. The second kappa shape index (κ2) is 3.46. The van der Waals surface area contributed by atoms with E-state index in [1.165, 1.54) is 0 Å². The lowest BCUT2D eigenvalue weighted by Crippen LogP contribution is -1.86. The predicted molar refractivity (Wildman–Crippen MR) is 50.4 cm³/mol. The maximum Gasteiger partial charge on any atom is 0.137 e. The van der Waals surface area contributed by atoms with E-state index in [1.807, 2.05) is 19.1 Å². The van der Waals surface area contributed by atoms with Crippen LogP contribution in [-0.4, -0.2) is 7.11 Å². The number of methoxy groups -OCH3 is 1. The molecule has 0 aliphatic rings. The standard InChI is InChI=1S/C8H8BrClO/c1-5-6(9)3-4-7(11-2)8(5)10/h3-4H,1-2H3. The molecule has 0 saturated carbocycles. The van der Waals surface area contributed by atoms with Crippen LogP contribution in [0.15, 0.2) is 16.6 Å². The van der Waals surface area contributed by atoms with E-state index in [1.54, 1.807) is 7.11 Å². The molecule has 3 heteroatoms. The van der Waals surface area contributed by atoms with Gasteiger partial charge in [0, 0.05) is 4.47 Å². The highest BCUT2D eigenvalue weighted by atomic mass is 79.9. The summed E-state index contributed by atoms with van der Waals surface area (Å²) in [5.74, 6) is 0.715. The number of rotatable bonds is 1. The van der Waals surface area contributed by atoms with Crippen molar-refractivity contribution in [1.82, 2.24) is 0 Å². The van der Waals surface area contributed by atoms with Crippen LogP contribution in [0, 0.1) is 6.92 Å². The molecule has 1 nitrogen and oxygen atoms in total. The largest absolute Gasteiger partial charge is 0.495 e. The quantitative estimate of drug-likeness (QED) is 0.725. The first-order valence-electron chi connectivity index (χ1n) is 3.15. The summed E-state index contributed by atoms with van der Waals surface area (Å²) in [4.78, 5) is 0. The molecule has 0 unspecified atom stereocenters. The van der Waals surface area contributed by atoms with Crippen molar-refractivity contribution in [1.29, 1.82) is 0 Å². The van der Waals surface area contributed by atoms with E-state index < -0.39 is 0 Å². The summed E-state index contributed by atoms with van der Waals surface area (Å²) >= 11 is 9.31. The summed E-state index contributed by atoms with van der Waals surface area (Å²) in [6.07, 6.45) is 0. The molecule has 0 aliphatic carbocycles. The van der Waals surface area contributed by atoms with Gasteiger partial charge in [-0.05, 0) is 24.6 Å². The van der Waals surface area contributed by atoms with Gasteiger partial charge in [0.05, 0.1) is 12.1 Å². The van der Waals surface area contributed by atoms with Crippen LogP contribution in [0.25, 0.3) is 0 Å². The molecule has 0 amide bonds. The Bertz CT molecular complexity index is 273. The van der Waals surface area contributed by atoms with Gasteiger partial charge in [0.25, 0.3) is 0 Å². The van der Waals surface area contributed by atoms with Crippen LogP contribution >= 0.6 is 27.5 Å². The monoisotopic (exact) mass is 234 g/mol. The van der Waals surface area contributed by atoms with E-state index >= 15 is 0 Å². The van der Waals surface area contributed by atoms with Crippen molar-refractivity contribution in [2.24, 2.45) is 0 Å². The maximum atomic E-state index is 5.94. The van der Waals surface area contributed by atoms with Gasteiger partial charge in [0.1, 0.15) is 5.75 Å². The molecule has 1 aromatic carbocycles. The summed E-state index contributed by atoms with van der Waals surface area (Å²) in [7, 11) is 1.61. The average molecular weight is 236 g/mol. The Labute approximate surface area is 79.4 Å². The summed E-state index contributed by atoms with van der Waals surface area (Å²) in [6.45, 7) is 1.94. The Hall–Kier alpha value is -0.210. The molecule has 0 N–H and O–H groups in total. The zero-order valence-electron chi connectivity index (χ0n) is 6.32. The van der Waals surface area contributed by atoms with Crippen LogP contribution in [0.5, 0.6) is 5.75 Å². The highest BCUT2D eigenvalue weighted by molar-refractivity contribution is 9.10. The molecule has 0 radical (unpaired) electrons. The Morgan fingerprint density at radius 1 is 1.45 bits per heavy atom. The van der Waals surface area contributed by atoms with Gasteiger partial charge in [-0.2, -0.15) is 0 Å². The highest BCUT2D eigenvalue weighted by Gasteiger charge is 2.05. The van der Waals surface area contributed by atoms with Gasteiger partial charge in [-0.15, -0.1) is 0 Å². The van der Waals surface area contributed by atoms with Crippen molar-refractivity contribution in [3.8, 4) is 5.75 Å². The molecule has 0 atom stereocenters. The Balaban J connectivity index is 3.25. The van der Waals surface area contributed by atoms with Crippen LogP contribution in [-0.2, 0) is 0 Å². The molecular formula is C8H8BrClO. The van der Waals surface area contributed by atoms with Crippen LogP contribution in [0.2, 0.25) is 5.02 Å². The van der Waals surface area contributed by atoms with Crippen molar-refractivity contribution in [2.75, 3.05) is 7.11 Å². The second-order valence-electron chi connectivity index (χ2n) is 2.19. The van der Waals surface area contributed by atoms with Crippen molar-refractivity contribution in [3.63, 3.8) is 0 Å². The predicted octanol–water partition coefficient (Wildman–Crippen LogP) is 3.42. The molecule has 0 aromatic heterocycles. The average Bonchev–Trinajstić information content (AvgIpc) is 2.01. The fourth-order valence-electron chi connectivity index (χ4n) is 0.794. The lowest BCUT2D eigenvalue weighted by molar-refractivity contribution is 0.414. The third-order valence-corrected chi connectivity index (χ3v) is 2.83. The third-order valence-electron chi connectivity index (χ3n) is 1.50. The number of ether oxygens (including phenoxy) is 1. The molecular weight excluding hydrogens is 227 g/mol. The summed E-state index contributed by atoms with van der Waals surface area (Å²) in [5, 5.41) is 0.668. The first-order valence-corrected chi connectivity index (χ1v) is 4.32. The molecule has 0 fully saturated rings. The first-order chi connectivity index (χ1) is 5.16. The minimum atomic E-state index is 0.668. The normalized spacial score (nSPS) is 9.82. The molecule has 0 aliphatic heterocycles. The molecule has 60 valence electrons. The van der Waals surface area contributed by atoms with E-state index in [9.17, 15) is 0 Å². The van der Waals surface area contributed by atoms with Crippen LogP contribution in [0.3, 0.4) is 0 Å². The number of hydrogen-bond donors (Lipinski definition) is 0. The molecule has 11 heavy (non-hydrogen) atoms. The molecule has 1 aromatic rings. The number of benzene rings is 1. The van der Waals surface area contributed by atoms with Crippen molar-refractivity contribution in [3.05, 3.63) is 27.2 Å². The maximum absolute atomic E-state index is 5.94. The zero-order chi connectivity index (χ0) is 8.43. The lowest BCUT2D eigenvalue weighted by atomic mass is 10.2. The van der Waals surface area contributed by atoms with E-state index in [4.69, 9.17) is 16.3 Å². The van der Waals surface area contributed by atoms with Gasteiger partial charge in [-0.25, -0.2) is 0 Å². The zero-order valence-corrected chi connectivity index (χ0v) is 8.66. The molecule has 0 saturated heterocycles. The van der Waals surface area contributed by atoms with E-state index in [0.29, 0.717) is 10.8 Å². The van der Waals surface area contributed by atoms with Gasteiger partial charge in [0.2, 0.25) is 0 Å². The van der Waals surface area contributed by atoms with Gasteiger partial charge < -0.3 is 4.74 Å². The van der Waals surface area contributed by atoms with Crippen molar-refractivity contribution < 1.29 is 4.74 Å². The smallest absolute Gasteiger partial charge is 0.137 e. The Kier molecular flexibility index (Phi) is 2.79. The highest BCUT2D eigenvalue weighted by Crippen LogP contribution is 2.32. The van der Waals surface area contributed by atoms with Gasteiger partial charge in [-0.1, -0.05) is 27.5 Å². The van der Waals surface area contributed by atoms with E-state index in [-0.39, 0.29) is 0 Å². The minimum absolute atomic E-state index is 0.668. The van der Waals surface area contributed by atoms with E-state index in [0.717, 1.165) is 10.0 Å². The van der Waals surface area contributed by atoms with Crippen molar-refractivity contribution >= 4 is 27.5 Å². The lowest BCUT2D eigenvalue weighted by Gasteiger charge is -2.06. The minimum Gasteiger partial charge on any atom is -0.495 e. The van der Waals surface area contributed by atoms with Crippen LogP contribution in [0.4, 0.5) is 0 Å². The van der Waals surface area contributed by atoms with E-state index in [2.05, 4.69) is 15.9 Å². The van der Waals surface area contributed by atoms with Gasteiger partial charge in [0.15, 0.2) is 0 Å². The fourth-order valence-corrected chi connectivity index (χ4v) is 1.48. The number of halogens is 2. The fraction of sp³-hybridized carbons (Fsp3) is 0.250.